The molecule has 0 saturated heterocycles. The summed E-state index contributed by atoms with van der Waals surface area (Å²) in [7, 11) is 0. The summed E-state index contributed by atoms with van der Waals surface area (Å²) < 4.78 is 11.1. The zero-order valence-electron chi connectivity index (χ0n) is 13.9. The number of thioether (sulfide) groups is 1. The van der Waals surface area contributed by atoms with Crippen LogP contribution in [0.2, 0.25) is 5.02 Å². The van der Waals surface area contributed by atoms with Crippen molar-refractivity contribution in [3.05, 3.63) is 53.6 Å². The predicted molar refractivity (Wildman–Crippen MR) is 99.4 cm³/mol. The molecule has 6 nitrogen and oxygen atoms in total. The van der Waals surface area contributed by atoms with Gasteiger partial charge in [-0.25, -0.2) is 0 Å². The SMILES string of the molecule is C[C@@H](Sc1ccc(Cl)cc1)C(=O)NNC(=O)[C@@H]1COc2ccccc2O1. The zero-order valence-corrected chi connectivity index (χ0v) is 15.5. The highest BCUT2D eigenvalue weighted by Gasteiger charge is 2.28. The second kappa shape index (κ2) is 8.33. The highest BCUT2D eigenvalue weighted by Crippen LogP contribution is 2.30. The summed E-state index contributed by atoms with van der Waals surface area (Å²) in [6.07, 6.45) is -0.829. The lowest BCUT2D eigenvalue weighted by Crippen LogP contribution is -2.52. The minimum Gasteiger partial charge on any atom is -0.485 e. The third-order valence-corrected chi connectivity index (χ3v) is 4.97. The largest absolute Gasteiger partial charge is 0.485 e. The van der Waals surface area contributed by atoms with E-state index in [0.717, 1.165) is 4.90 Å². The van der Waals surface area contributed by atoms with E-state index in [1.165, 1.54) is 11.8 Å². The zero-order chi connectivity index (χ0) is 18.5. The van der Waals surface area contributed by atoms with Crippen LogP contribution in [0, 0.1) is 0 Å². The van der Waals surface area contributed by atoms with Gasteiger partial charge in [0.25, 0.3) is 11.8 Å². The Balaban J connectivity index is 1.48. The number of para-hydroxylation sites is 2. The number of nitrogens with one attached hydrogen (secondary N) is 2. The van der Waals surface area contributed by atoms with Crippen molar-refractivity contribution in [3.63, 3.8) is 0 Å². The average molecular weight is 393 g/mol. The van der Waals surface area contributed by atoms with Crippen molar-refractivity contribution >= 4 is 35.2 Å². The molecule has 0 radical (unpaired) electrons. The fraction of sp³-hybridized carbons (Fsp3) is 0.222. The number of fused-ring (bicyclic) bond motifs is 1. The number of hydrogen-bond donors (Lipinski definition) is 2. The van der Waals surface area contributed by atoms with Gasteiger partial charge in [0, 0.05) is 9.92 Å². The minimum absolute atomic E-state index is 0.0772. The molecule has 0 saturated carbocycles. The maximum atomic E-state index is 12.2. The van der Waals surface area contributed by atoms with Crippen LogP contribution in [0.1, 0.15) is 6.92 Å². The van der Waals surface area contributed by atoms with E-state index < -0.39 is 17.3 Å². The molecule has 136 valence electrons. The first-order valence-corrected chi connectivity index (χ1v) is 9.19. The lowest BCUT2D eigenvalue weighted by atomic mass is 10.2. The molecular formula is C18H17ClN2O4S. The summed E-state index contributed by atoms with van der Waals surface area (Å²) in [6.45, 7) is 1.82. The van der Waals surface area contributed by atoms with Gasteiger partial charge in [0.05, 0.1) is 5.25 Å². The van der Waals surface area contributed by atoms with Crippen LogP contribution < -0.4 is 20.3 Å². The van der Waals surface area contributed by atoms with Gasteiger partial charge in [-0.1, -0.05) is 23.7 Å². The number of hydrazine groups is 1. The number of carbonyl (C=O) groups excluding carboxylic acids is 2. The van der Waals surface area contributed by atoms with Crippen molar-refractivity contribution in [3.8, 4) is 11.5 Å². The Morgan fingerprint density at radius 2 is 1.81 bits per heavy atom. The number of hydrogen-bond acceptors (Lipinski definition) is 5. The van der Waals surface area contributed by atoms with Crippen LogP contribution in [0.5, 0.6) is 11.5 Å². The Bertz CT molecular complexity index is 800. The number of amides is 2. The Morgan fingerprint density at radius 3 is 2.54 bits per heavy atom. The molecule has 0 spiro atoms. The van der Waals surface area contributed by atoms with Crippen molar-refractivity contribution in [2.45, 2.75) is 23.2 Å². The topological polar surface area (TPSA) is 76.7 Å². The van der Waals surface area contributed by atoms with Gasteiger partial charge in [-0.15, -0.1) is 11.8 Å². The number of carbonyl (C=O) groups is 2. The van der Waals surface area contributed by atoms with Gasteiger partial charge in [-0.3, -0.25) is 20.4 Å². The first kappa shape index (κ1) is 18.4. The summed E-state index contributed by atoms with van der Waals surface area (Å²) in [5.74, 6) is 0.289. The Morgan fingerprint density at radius 1 is 1.12 bits per heavy atom. The number of benzene rings is 2. The first-order valence-electron chi connectivity index (χ1n) is 7.93. The molecule has 0 aromatic heterocycles. The summed E-state index contributed by atoms with van der Waals surface area (Å²) in [6, 6.07) is 14.3. The predicted octanol–water partition coefficient (Wildman–Crippen LogP) is 2.81. The van der Waals surface area contributed by atoms with E-state index in [0.29, 0.717) is 16.5 Å². The molecule has 26 heavy (non-hydrogen) atoms. The highest BCUT2D eigenvalue weighted by atomic mass is 35.5. The molecule has 1 heterocycles. The third kappa shape index (κ3) is 4.62. The first-order chi connectivity index (χ1) is 12.5. The van der Waals surface area contributed by atoms with Crippen molar-refractivity contribution in [2.24, 2.45) is 0 Å². The van der Waals surface area contributed by atoms with E-state index in [1.807, 2.05) is 18.2 Å². The van der Waals surface area contributed by atoms with E-state index in [2.05, 4.69) is 10.9 Å². The van der Waals surface area contributed by atoms with Gasteiger partial charge in [0.1, 0.15) is 6.61 Å². The fourth-order valence-corrected chi connectivity index (χ4v) is 3.22. The highest BCUT2D eigenvalue weighted by molar-refractivity contribution is 8.00. The summed E-state index contributed by atoms with van der Waals surface area (Å²) >= 11 is 7.20. The van der Waals surface area contributed by atoms with Gasteiger partial charge in [-0.2, -0.15) is 0 Å². The van der Waals surface area contributed by atoms with Gasteiger partial charge in [0.2, 0.25) is 6.10 Å². The van der Waals surface area contributed by atoms with Crippen LogP contribution in [-0.4, -0.2) is 29.8 Å². The fourth-order valence-electron chi connectivity index (χ4n) is 2.22. The molecule has 1 aliphatic rings. The standard InChI is InChI=1S/C18H17ClN2O4S/c1-11(26-13-8-6-12(19)7-9-13)17(22)20-21-18(23)16-10-24-14-4-2-3-5-15(14)25-16/h2-9,11,16H,10H2,1H3,(H,20,22)(H,21,23)/t11-,16+/m1/s1. The molecule has 0 unspecified atom stereocenters. The van der Waals surface area contributed by atoms with Gasteiger partial charge >= 0.3 is 0 Å². The van der Waals surface area contributed by atoms with Crippen molar-refractivity contribution in [1.82, 2.24) is 10.9 Å². The molecule has 0 fully saturated rings. The Kier molecular flexibility index (Phi) is 5.90. The number of halogens is 1. The molecular weight excluding hydrogens is 376 g/mol. The van der Waals surface area contributed by atoms with Gasteiger partial charge < -0.3 is 9.47 Å². The van der Waals surface area contributed by atoms with Gasteiger partial charge in [0.15, 0.2) is 11.5 Å². The van der Waals surface area contributed by atoms with Crippen LogP contribution in [0.4, 0.5) is 0 Å². The van der Waals surface area contributed by atoms with Crippen molar-refractivity contribution < 1.29 is 19.1 Å². The van der Waals surface area contributed by atoms with Crippen molar-refractivity contribution in [2.75, 3.05) is 6.61 Å². The summed E-state index contributed by atoms with van der Waals surface area (Å²) in [5.41, 5.74) is 4.80. The molecule has 0 bridgehead atoms. The van der Waals surface area contributed by atoms with Crippen LogP contribution in [0.25, 0.3) is 0 Å². The molecule has 2 aromatic carbocycles. The van der Waals surface area contributed by atoms with E-state index in [-0.39, 0.29) is 12.5 Å². The van der Waals surface area contributed by atoms with E-state index in [4.69, 9.17) is 21.1 Å². The van der Waals surface area contributed by atoms with E-state index >= 15 is 0 Å². The normalized spacial score (nSPS) is 16.5. The molecule has 0 aliphatic carbocycles. The van der Waals surface area contributed by atoms with Crippen molar-refractivity contribution in [1.29, 1.82) is 0 Å². The molecule has 2 atom stereocenters. The van der Waals surface area contributed by atoms with E-state index in [1.54, 1.807) is 37.3 Å². The lowest BCUT2D eigenvalue weighted by Gasteiger charge is -2.25. The average Bonchev–Trinajstić information content (AvgIpc) is 2.67. The molecule has 2 amide bonds. The van der Waals surface area contributed by atoms with Crippen LogP contribution in [0.3, 0.4) is 0 Å². The monoisotopic (exact) mass is 392 g/mol. The molecule has 1 aliphatic heterocycles. The maximum absolute atomic E-state index is 12.2. The molecule has 2 N–H and O–H groups in total. The van der Waals surface area contributed by atoms with Crippen LogP contribution in [-0.2, 0) is 9.59 Å². The molecule has 2 aromatic rings. The second-order valence-electron chi connectivity index (χ2n) is 5.56. The quantitative estimate of drug-likeness (QED) is 0.618. The molecule has 8 heteroatoms. The van der Waals surface area contributed by atoms with Crippen LogP contribution >= 0.6 is 23.4 Å². The Labute approximate surface area is 160 Å². The Hall–Kier alpha value is -2.38. The second-order valence-corrected chi connectivity index (χ2v) is 7.41. The smallest absolute Gasteiger partial charge is 0.283 e. The number of ether oxygens (including phenoxy) is 2. The summed E-state index contributed by atoms with van der Waals surface area (Å²) in [4.78, 5) is 25.2. The number of rotatable bonds is 4. The third-order valence-electron chi connectivity index (χ3n) is 3.61. The van der Waals surface area contributed by atoms with Gasteiger partial charge in [-0.05, 0) is 43.3 Å². The maximum Gasteiger partial charge on any atom is 0.283 e. The summed E-state index contributed by atoms with van der Waals surface area (Å²) in [5, 5.41) is 0.232. The molecule has 3 rings (SSSR count). The lowest BCUT2D eigenvalue weighted by molar-refractivity contribution is -0.134. The van der Waals surface area contributed by atoms with E-state index in [9.17, 15) is 9.59 Å². The van der Waals surface area contributed by atoms with Crippen LogP contribution in [0.15, 0.2) is 53.4 Å². The minimum atomic E-state index is -0.829.